The number of carbonyl (C=O) groups is 2. The number of rotatable bonds is 7. The van der Waals surface area contributed by atoms with Crippen LogP contribution in [0.25, 0.3) is 0 Å². The number of hydrogen-bond acceptors (Lipinski definition) is 2. The van der Waals surface area contributed by atoms with E-state index in [0.717, 1.165) is 11.6 Å². The molecule has 1 heterocycles. The number of benzene rings is 3. The summed E-state index contributed by atoms with van der Waals surface area (Å²) < 4.78 is 27.2. The van der Waals surface area contributed by atoms with E-state index in [9.17, 15) is 18.4 Å². The first-order valence-corrected chi connectivity index (χ1v) is 11.4. The summed E-state index contributed by atoms with van der Waals surface area (Å²) in [5, 5.41) is 3.01. The Morgan fingerprint density at radius 3 is 2.35 bits per heavy atom. The molecule has 0 bridgehead atoms. The number of para-hydroxylation sites is 2. The third kappa shape index (κ3) is 5.25. The minimum atomic E-state index is -0.673. The minimum absolute atomic E-state index is 0.102. The Kier molecular flexibility index (Phi) is 7.21. The van der Waals surface area contributed by atoms with Gasteiger partial charge >= 0.3 is 6.03 Å². The molecular weight excluding hydrogens is 436 g/mol. The van der Waals surface area contributed by atoms with E-state index in [1.807, 2.05) is 49.4 Å². The van der Waals surface area contributed by atoms with Gasteiger partial charge in [-0.15, -0.1) is 0 Å². The van der Waals surface area contributed by atoms with Crippen molar-refractivity contribution in [1.82, 2.24) is 4.90 Å². The van der Waals surface area contributed by atoms with Crippen molar-refractivity contribution in [3.8, 4) is 0 Å². The lowest BCUT2D eigenvalue weighted by molar-refractivity contribution is -0.117. The SMILES string of the molecule is CCC(C(=O)Nc1ccccc1N1CCCN(Cc2cc(F)cc(F)c2)C1=O)c1ccccc1. The fraction of sp³-hybridized carbons (Fsp3) is 0.259. The van der Waals surface area contributed by atoms with Gasteiger partial charge in [0, 0.05) is 25.7 Å². The van der Waals surface area contributed by atoms with Crippen LogP contribution >= 0.6 is 0 Å². The highest BCUT2D eigenvalue weighted by atomic mass is 19.1. The van der Waals surface area contributed by atoms with Crippen LogP contribution in [-0.2, 0) is 11.3 Å². The number of anilines is 2. The molecule has 0 aliphatic carbocycles. The molecule has 0 radical (unpaired) electrons. The number of carbonyl (C=O) groups excluding carboxylic acids is 2. The lowest BCUT2D eigenvalue weighted by Crippen LogP contribution is -2.49. The molecule has 1 saturated heterocycles. The van der Waals surface area contributed by atoms with Gasteiger partial charge in [-0.2, -0.15) is 0 Å². The van der Waals surface area contributed by atoms with Gasteiger partial charge in [-0.25, -0.2) is 13.6 Å². The van der Waals surface area contributed by atoms with Crippen molar-refractivity contribution in [3.63, 3.8) is 0 Å². The van der Waals surface area contributed by atoms with Crippen LogP contribution in [0.5, 0.6) is 0 Å². The summed E-state index contributed by atoms with van der Waals surface area (Å²) in [6, 6.07) is 19.8. The quantitative estimate of drug-likeness (QED) is 0.472. The van der Waals surface area contributed by atoms with E-state index in [1.54, 1.807) is 21.9 Å². The monoisotopic (exact) mass is 463 g/mol. The molecule has 1 atom stereocenters. The van der Waals surface area contributed by atoms with Crippen LogP contribution in [0.3, 0.4) is 0 Å². The summed E-state index contributed by atoms with van der Waals surface area (Å²) in [5.74, 6) is -1.80. The predicted octanol–water partition coefficient (Wildman–Crippen LogP) is 5.93. The fourth-order valence-corrected chi connectivity index (χ4v) is 4.37. The normalized spacial score (nSPS) is 14.7. The molecule has 1 unspecified atom stereocenters. The van der Waals surface area contributed by atoms with Crippen molar-refractivity contribution in [3.05, 3.63) is 95.6 Å². The maximum atomic E-state index is 13.6. The van der Waals surface area contributed by atoms with Gasteiger partial charge in [0.15, 0.2) is 0 Å². The summed E-state index contributed by atoms with van der Waals surface area (Å²) in [5.41, 5.74) is 2.47. The first-order valence-electron chi connectivity index (χ1n) is 11.4. The highest BCUT2D eigenvalue weighted by Gasteiger charge is 2.29. The fourth-order valence-electron chi connectivity index (χ4n) is 4.37. The largest absolute Gasteiger partial charge is 0.324 e. The number of nitrogens with zero attached hydrogens (tertiary/aromatic N) is 2. The van der Waals surface area contributed by atoms with Crippen molar-refractivity contribution in [2.24, 2.45) is 0 Å². The van der Waals surface area contributed by atoms with Crippen LogP contribution < -0.4 is 10.2 Å². The van der Waals surface area contributed by atoms with E-state index in [1.165, 1.54) is 12.1 Å². The second-order valence-electron chi connectivity index (χ2n) is 8.36. The Bertz CT molecular complexity index is 1150. The number of amides is 3. The highest BCUT2D eigenvalue weighted by molar-refractivity contribution is 6.02. The summed E-state index contributed by atoms with van der Waals surface area (Å²) in [6.45, 7) is 3.03. The molecule has 3 aromatic rings. The smallest absolute Gasteiger partial charge is 0.324 e. The predicted molar refractivity (Wildman–Crippen MR) is 129 cm³/mol. The van der Waals surface area contributed by atoms with E-state index < -0.39 is 11.6 Å². The van der Waals surface area contributed by atoms with E-state index in [-0.39, 0.29) is 24.4 Å². The van der Waals surface area contributed by atoms with Crippen molar-refractivity contribution < 1.29 is 18.4 Å². The van der Waals surface area contributed by atoms with Gasteiger partial charge in [0.2, 0.25) is 5.91 Å². The van der Waals surface area contributed by atoms with Crippen molar-refractivity contribution >= 4 is 23.3 Å². The number of nitrogens with one attached hydrogen (secondary N) is 1. The topological polar surface area (TPSA) is 52.7 Å². The maximum Gasteiger partial charge on any atom is 0.324 e. The molecule has 34 heavy (non-hydrogen) atoms. The zero-order chi connectivity index (χ0) is 24.1. The highest BCUT2D eigenvalue weighted by Crippen LogP contribution is 2.31. The molecule has 1 aliphatic heterocycles. The van der Waals surface area contributed by atoms with Gasteiger partial charge < -0.3 is 10.2 Å². The first-order chi connectivity index (χ1) is 16.5. The van der Waals surface area contributed by atoms with Gasteiger partial charge in [-0.05, 0) is 48.2 Å². The summed E-state index contributed by atoms with van der Waals surface area (Å²) in [6.07, 6.45) is 1.33. The lowest BCUT2D eigenvalue weighted by Gasteiger charge is -2.36. The second kappa shape index (κ2) is 10.5. The zero-order valence-corrected chi connectivity index (χ0v) is 19.0. The average Bonchev–Trinajstić information content (AvgIpc) is 2.81. The maximum absolute atomic E-state index is 13.6. The number of hydrogen-bond donors (Lipinski definition) is 1. The standard InChI is InChI=1S/C27H27F2N3O2/c1-2-23(20-9-4-3-5-10-20)26(33)30-24-11-6-7-12-25(24)32-14-8-13-31(27(32)34)18-19-15-21(28)17-22(29)16-19/h3-7,9-12,15-17,23H,2,8,13-14,18H2,1H3,(H,30,33). The number of urea groups is 1. The molecular formula is C27H27F2N3O2. The molecule has 0 aromatic heterocycles. The average molecular weight is 464 g/mol. The van der Waals surface area contributed by atoms with Crippen LogP contribution in [0, 0.1) is 11.6 Å². The summed E-state index contributed by atoms with van der Waals surface area (Å²) >= 11 is 0. The molecule has 7 heteroatoms. The first kappa shape index (κ1) is 23.4. The van der Waals surface area contributed by atoms with Crippen LogP contribution in [-0.4, -0.2) is 29.9 Å². The molecule has 3 aromatic carbocycles. The van der Waals surface area contributed by atoms with Crippen LogP contribution in [0.2, 0.25) is 0 Å². The summed E-state index contributed by atoms with van der Waals surface area (Å²) in [4.78, 5) is 29.6. The summed E-state index contributed by atoms with van der Waals surface area (Å²) in [7, 11) is 0. The van der Waals surface area contributed by atoms with Gasteiger partial charge in [0.1, 0.15) is 11.6 Å². The molecule has 0 spiro atoms. The molecule has 1 N–H and O–H groups in total. The third-order valence-corrected chi connectivity index (χ3v) is 5.99. The van der Waals surface area contributed by atoms with Crippen molar-refractivity contribution in [1.29, 1.82) is 0 Å². The Labute approximate surface area is 198 Å². The Morgan fingerprint density at radius 2 is 1.65 bits per heavy atom. The van der Waals surface area contributed by atoms with E-state index >= 15 is 0 Å². The molecule has 1 fully saturated rings. The van der Waals surface area contributed by atoms with Crippen LogP contribution in [0.1, 0.15) is 36.8 Å². The van der Waals surface area contributed by atoms with Gasteiger partial charge in [0.25, 0.3) is 0 Å². The van der Waals surface area contributed by atoms with E-state index in [4.69, 9.17) is 0 Å². The zero-order valence-electron chi connectivity index (χ0n) is 19.0. The third-order valence-electron chi connectivity index (χ3n) is 5.99. The molecule has 176 valence electrons. The second-order valence-corrected chi connectivity index (χ2v) is 8.36. The van der Waals surface area contributed by atoms with E-state index in [2.05, 4.69) is 5.32 Å². The van der Waals surface area contributed by atoms with Gasteiger partial charge in [-0.3, -0.25) is 9.69 Å². The number of halogens is 2. The minimum Gasteiger partial charge on any atom is -0.324 e. The van der Waals surface area contributed by atoms with Crippen LogP contribution in [0.15, 0.2) is 72.8 Å². The Balaban J connectivity index is 1.54. The van der Waals surface area contributed by atoms with Crippen LogP contribution in [0.4, 0.5) is 25.0 Å². The molecule has 5 nitrogen and oxygen atoms in total. The van der Waals surface area contributed by atoms with Gasteiger partial charge in [-0.1, -0.05) is 49.4 Å². The van der Waals surface area contributed by atoms with Crippen molar-refractivity contribution in [2.75, 3.05) is 23.3 Å². The molecule has 3 amide bonds. The Hall–Kier alpha value is -3.74. The lowest BCUT2D eigenvalue weighted by atomic mass is 9.95. The Morgan fingerprint density at radius 1 is 0.971 bits per heavy atom. The molecule has 0 saturated carbocycles. The molecule has 4 rings (SSSR count). The van der Waals surface area contributed by atoms with E-state index in [0.29, 0.717) is 42.9 Å². The van der Waals surface area contributed by atoms with Gasteiger partial charge in [0.05, 0.1) is 17.3 Å². The molecule has 1 aliphatic rings. The van der Waals surface area contributed by atoms with Crippen molar-refractivity contribution in [2.45, 2.75) is 32.2 Å².